The number of hydrogen-bond donors (Lipinski definition) is 0. The fourth-order valence-electron chi connectivity index (χ4n) is 12.4. The van der Waals surface area contributed by atoms with Gasteiger partial charge in [0.2, 0.25) is 0 Å². The fraction of sp³-hybridized carbons (Fsp3) is 0.909. The van der Waals surface area contributed by atoms with E-state index in [1.807, 2.05) is 0 Å². The third kappa shape index (κ3) is 128. The predicted octanol–water partition coefficient (Wildman–Crippen LogP) is 12.5. The van der Waals surface area contributed by atoms with Crippen molar-refractivity contribution in [3.05, 3.63) is 0 Å². The average Bonchev–Trinajstić information content (AvgIpc) is 1.30. The van der Waals surface area contributed by atoms with Crippen molar-refractivity contribution in [2.75, 3.05) is 26.4 Å². The van der Waals surface area contributed by atoms with Crippen molar-refractivity contribution in [1.29, 1.82) is 0 Å². The minimum atomic E-state index is -1.07. The molecule has 12 nitrogen and oxygen atoms in total. The van der Waals surface area contributed by atoms with Crippen molar-refractivity contribution in [1.82, 2.24) is 0 Å². The number of carbonyl (C=O) groups is 4. The number of rotatable bonds is 80. The van der Waals surface area contributed by atoms with Crippen molar-refractivity contribution >= 4 is 93.0 Å². The Labute approximate surface area is 777 Å². The van der Waals surface area contributed by atoms with E-state index in [-0.39, 0.29) is 170 Å². The zero-order valence-corrected chi connectivity index (χ0v) is 83.5. The van der Waals surface area contributed by atoms with E-state index in [9.17, 15) is 39.6 Å². The van der Waals surface area contributed by atoms with E-state index in [1.54, 1.807) is 0 Å². The third-order valence-corrected chi connectivity index (χ3v) is 20.5. The van der Waals surface area contributed by atoms with Crippen molar-refractivity contribution in [3.8, 4) is 0 Å². The minimum absolute atomic E-state index is 0. The Hall–Kier alpha value is 1.44. The van der Waals surface area contributed by atoms with Crippen LogP contribution < -0.4 is 139 Å². The maximum absolute atomic E-state index is 10.3. The molecule has 0 fully saturated rings. The predicted molar refractivity (Wildman–Crippen MR) is 449 cm³/mol. The van der Waals surface area contributed by atoms with Gasteiger partial charge in [0, 0.05) is 49.6 Å². The van der Waals surface area contributed by atoms with Gasteiger partial charge in [0.15, 0.2) is 20.2 Å². The van der Waals surface area contributed by atoms with E-state index >= 15 is 0 Å². The summed E-state index contributed by atoms with van der Waals surface area (Å²) in [4.78, 5) is 41.2. The first-order valence-corrected chi connectivity index (χ1v) is 45.7. The maximum atomic E-state index is 10.3. The molecule has 0 aromatic heterocycles. The van der Waals surface area contributed by atoms with Gasteiger partial charge in [0.25, 0.3) is 0 Å². The summed E-state index contributed by atoms with van der Waals surface area (Å²) >= 11 is 19.9. The Kier molecular flexibility index (Phi) is 130. The Morgan fingerprint density at radius 2 is 0.269 bits per heavy atom. The number of carbonyl (C=O) groups excluding carboxylic acids is 4. The molecule has 0 rings (SSSR count). The van der Waals surface area contributed by atoms with Gasteiger partial charge in [-0.1, -0.05) is 413 Å². The van der Waals surface area contributed by atoms with E-state index in [1.165, 1.54) is 385 Å². The number of thiocarbonyl (C=S) groups is 4. The SMILES string of the molecule is CCCCCCCCCCCCCCCCCCOC(=S)CCC(=O)[O-].CCCCCCCCCCCCCCCCCCOC(=S)CCC(=O)[O-].CCCCCCCCCCCCCCCCCCOC(=S)CCC(=O)[O-].CCCCCCCCCCCCCCCCCCOC(=S)CCC(=O)[O-].[Na+].[Na+].[Na+].[Na+]. The normalized spacial score (nSPS) is 10.4. The summed E-state index contributed by atoms with van der Waals surface area (Å²) in [5.74, 6) is -4.28. The van der Waals surface area contributed by atoms with Gasteiger partial charge in [0.1, 0.15) is 0 Å². The van der Waals surface area contributed by atoms with Crippen molar-refractivity contribution in [3.63, 3.8) is 0 Å². The van der Waals surface area contributed by atoms with Crippen LogP contribution in [0.15, 0.2) is 0 Å². The summed E-state index contributed by atoms with van der Waals surface area (Å²) in [7, 11) is 0. The van der Waals surface area contributed by atoms with Crippen LogP contribution in [0, 0.1) is 0 Å². The Balaban J connectivity index is -0.000000203. The van der Waals surface area contributed by atoms with Crippen LogP contribution in [-0.4, -0.2) is 70.5 Å². The molecule has 0 aromatic rings. The first-order valence-electron chi connectivity index (χ1n) is 44.1. The molecular weight excluding hydrogens is 1470 g/mol. The summed E-state index contributed by atoms with van der Waals surface area (Å²) in [6.07, 6.45) is 87.4. The first-order chi connectivity index (χ1) is 50.7. The molecule has 0 unspecified atom stereocenters. The molecule has 0 saturated heterocycles. The van der Waals surface area contributed by atoms with Gasteiger partial charge < -0.3 is 58.6 Å². The van der Waals surface area contributed by atoms with Crippen molar-refractivity contribution in [2.24, 2.45) is 0 Å². The van der Waals surface area contributed by atoms with Crippen LogP contribution in [0.3, 0.4) is 0 Å². The van der Waals surface area contributed by atoms with E-state index in [4.69, 9.17) is 67.8 Å². The van der Waals surface area contributed by atoms with Crippen molar-refractivity contribution in [2.45, 2.75) is 490 Å². The zero-order chi connectivity index (χ0) is 77.2. The van der Waals surface area contributed by atoms with Crippen LogP contribution >= 0.6 is 48.9 Å². The second-order valence-electron chi connectivity index (χ2n) is 29.6. The van der Waals surface area contributed by atoms with Crippen LogP contribution in [0.2, 0.25) is 0 Å². The van der Waals surface area contributed by atoms with Crippen LogP contribution in [0.4, 0.5) is 0 Å². The fourth-order valence-corrected chi connectivity index (χ4v) is 13.2. The topological polar surface area (TPSA) is 197 Å². The number of aliphatic carboxylic acids is 4. The molecule has 20 heteroatoms. The number of unbranched alkanes of at least 4 members (excludes halogenated alkanes) is 60. The molecule has 0 aliphatic rings. The second kappa shape index (κ2) is 113. The Bertz CT molecular complexity index is 1610. The summed E-state index contributed by atoms with van der Waals surface area (Å²) in [5.41, 5.74) is 0. The van der Waals surface area contributed by atoms with Gasteiger partial charge in [-0.2, -0.15) is 0 Å². The van der Waals surface area contributed by atoms with Gasteiger partial charge in [-0.25, -0.2) is 0 Å². The molecule has 108 heavy (non-hydrogen) atoms. The molecule has 0 aliphatic heterocycles. The molecular formula is C88H164Na4O12S4. The number of hydrogen-bond acceptors (Lipinski definition) is 16. The van der Waals surface area contributed by atoms with Crippen LogP contribution in [0.5, 0.6) is 0 Å². The van der Waals surface area contributed by atoms with E-state index in [0.29, 0.717) is 46.6 Å². The molecule has 0 radical (unpaired) electrons. The van der Waals surface area contributed by atoms with Gasteiger partial charge in [-0.05, 0) is 100 Å². The number of ether oxygens (including phenoxy) is 4. The monoisotopic (exact) mass is 1630 g/mol. The van der Waals surface area contributed by atoms with Gasteiger partial charge >= 0.3 is 118 Å². The summed E-state index contributed by atoms with van der Waals surface area (Å²) < 4.78 is 21.4. The summed E-state index contributed by atoms with van der Waals surface area (Å²) in [5, 5.41) is 42.8. The van der Waals surface area contributed by atoms with Crippen LogP contribution in [-0.2, 0) is 38.1 Å². The van der Waals surface area contributed by atoms with Gasteiger partial charge in [-0.3, -0.25) is 0 Å². The molecule has 0 bridgehead atoms. The minimum Gasteiger partial charge on any atom is -0.550 e. The third-order valence-electron chi connectivity index (χ3n) is 19.2. The second-order valence-corrected chi connectivity index (χ2v) is 31.4. The largest absolute Gasteiger partial charge is 1.00 e. The average molecular weight is 1630 g/mol. The maximum Gasteiger partial charge on any atom is 1.00 e. The Morgan fingerprint density at radius 1 is 0.176 bits per heavy atom. The van der Waals surface area contributed by atoms with E-state index < -0.39 is 23.9 Å². The summed E-state index contributed by atoms with van der Waals surface area (Å²) in [6, 6.07) is 0. The molecule has 0 amide bonds. The number of carboxylic acid groups (broad SMARTS) is 4. The van der Waals surface area contributed by atoms with Crippen LogP contribution in [0.25, 0.3) is 0 Å². The van der Waals surface area contributed by atoms with Gasteiger partial charge in [0.05, 0.1) is 26.4 Å². The van der Waals surface area contributed by atoms with Crippen LogP contribution in [0.1, 0.15) is 490 Å². The zero-order valence-electron chi connectivity index (χ0n) is 72.3. The molecule has 616 valence electrons. The first kappa shape index (κ1) is 125. The summed E-state index contributed by atoms with van der Waals surface area (Å²) in [6.45, 7) is 11.6. The molecule has 0 aromatic carbocycles. The van der Waals surface area contributed by atoms with E-state index in [0.717, 1.165) is 25.7 Å². The smallest absolute Gasteiger partial charge is 0.550 e. The molecule has 0 N–H and O–H groups in total. The molecule has 0 spiro atoms. The van der Waals surface area contributed by atoms with Crippen molar-refractivity contribution < 1.29 is 177 Å². The van der Waals surface area contributed by atoms with E-state index in [2.05, 4.69) is 27.7 Å². The molecule has 0 heterocycles. The Morgan fingerprint density at radius 3 is 0.361 bits per heavy atom. The number of carboxylic acids is 4. The quantitative estimate of drug-likeness (QED) is 0.0316. The van der Waals surface area contributed by atoms with Gasteiger partial charge in [-0.15, -0.1) is 0 Å². The molecule has 0 saturated carbocycles. The molecule has 0 aliphatic carbocycles. The molecule has 0 atom stereocenters. The standard InChI is InChI=1S/4C22H42O3S.4Na/c4*1-2-3-4-5-6-7-8-9-10-11-12-13-14-15-16-17-20-25-22(26)19-18-21(23)24;;;;/h4*2-20H2,1H3,(H,23,24);;;;/q;;;;4*+1/p-4.